The molecule has 4 rings (SSSR count). The molecule has 1 N–H and O–H groups in total. The van der Waals surface area contributed by atoms with Crippen molar-refractivity contribution in [3.05, 3.63) is 89.0 Å². The smallest absolute Gasteiger partial charge is 0.263 e. The summed E-state index contributed by atoms with van der Waals surface area (Å²) < 4.78 is 61.7. The number of hydrogen-bond acceptors (Lipinski definition) is 4. The van der Waals surface area contributed by atoms with E-state index in [1.165, 1.54) is 29.2 Å². The summed E-state index contributed by atoms with van der Waals surface area (Å²) >= 11 is 0. The number of halogens is 2. The number of carbonyl (C=O) groups is 1. The molecule has 9 heteroatoms. The molecule has 6 nitrogen and oxygen atoms in total. The number of anilines is 1. The Kier molecular flexibility index (Phi) is 6.07. The minimum Gasteiger partial charge on any atom is -0.481 e. The average molecular weight is 473 g/mol. The summed E-state index contributed by atoms with van der Waals surface area (Å²) in [6, 6.07) is 14.5. The lowest BCUT2D eigenvalue weighted by molar-refractivity contribution is -0.138. The molecule has 0 unspecified atom stereocenters. The standard InChI is InChI=1S/C24H22F2N2O4S/c1-15-7-9-20(12-22(15)26)33(30,31)27-19-8-10-23-18(11-19)14-28(24(29)16(2)32-23)13-17-5-3-4-6-21(17)25/h3-12,16,27H,13-14H2,1-2H3/t16-/m1/s1. The van der Waals surface area contributed by atoms with Crippen molar-refractivity contribution in [3.63, 3.8) is 0 Å². The molecule has 1 heterocycles. The van der Waals surface area contributed by atoms with Crippen LogP contribution in [0.15, 0.2) is 65.6 Å². The van der Waals surface area contributed by atoms with E-state index in [0.717, 1.165) is 6.07 Å². The van der Waals surface area contributed by atoms with Crippen molar-refractivity contribution in [1.82, 2.24) is 4.90 Å². The van der Waals surface area contributed by atoms with Crippen molar-refractivity contribution in [2.75, 3.05) is 4.72 Å². The number of hydrogen-bond donors (Lipinski definition) is 1. The van der Waals surface area contributed by atoms with E-state index in [9.17, 15) is 22.0 Å². The highest BCUT2D eigenvalue weighted by Crippen LogP contribution is 2.30. The summed E-state index contributed by atoms with van der Waals surface area (Å²) in [5.74, 6) is -0.928. The summed E-state index contributed by atoms with van der Waals surface area (Å²) in [6.07, 6.45) is -0.795. The zero-order chi connectivity index (χ0) is 23.8. The van der Waals surface area contributed by atoms with Gasteiger partial charge in [0.2, 0.25) is 0 Å². The molecule has 172 valence electrons. The van der Waals surface area contributed by atoms with Crippen LogP contribution in [-0.2, 0) is 27.9 Å². The number of amides is 1. The lowest BCUT2D eigenvalue weighted by atomic mass is 10.1. The summed E-state index contributed by atoms with van der Waals surface area (Å²) in [4.78, 5) is 14.1. The third kappa shape index (κ3) is 4.83. The molecular weight excluding hydrogens is 450 g/mol. The van der Waals surface area contributed by atoms with Gasteiger partial charge in [0, 0.05) is 29.9 Å². The van der Waals surface area contributed by atoms with Crippen LogP contribution in [-0.4, -0.2) is 25.3 Å². The molecule has 0 aromatic heterocycles. The van der Waals surface area contributed by atoms with Gasteiger partial charge in [-0.1, -0.05) is 24.3 Å². The summed E-state index contributed by atoms with van der Waals surface area (Å²) in [7, 11) is -4.04. The van der Waals surface area contributed by atoms with Gasteiger partial charge in [-0.3, -0.25) is 9.52 Å². The van der Waals surface area contributed by atoms with Crippen LogP contribution >= 0.6 is 0 Å². The van der Waals surface area contributed by atoms with Crippen LogP contribution in [0.3, 0.4) is 0 Å². The van der Waals surface area contributed by atoms with Crippen LogP contribution in [0.25, 0.3) is 0 Å². The number of sulfonamides is 1. The van der Waals surface area contributed by atoms with E-state index in [2.05, 4.69) is 4.72 Å². The molecule has 1 amide bonds. The molecule has 33 heavy (non-hydrogen) atoms. The van der Waals surface area contributed by atoms with Gasteiger partial charge in [0.05, 0.1) is 4.90 Å². The number of rotatable bonds is 5. The molecule has 0 bridgehead atoms. The van der Waals surface area contributed by atoms with Gasteiger partial charge < -0.3 is 9.64 Å². The molecule has 0 fully saturated rings. The Morgan fingerprint density at radius 2 is 1.82 bits per heavy atom. The first-order chi connectivity index (χ1) is 15.6. The van der Waals surface area contributed by atoms with Crippen molar-refractivity contribution in [3.8, 4) is 5.75 Å². The van der Waals surface area contributed by atoms with Crippen LogP contribution in [0.5, 0.6) is 5.75 Å². The molecule has 1 aliphatic heterocycles. The zero-order valence-electron chi connectivity index (χ0n) is 18.0. The fraction of sp³-hybridized carbons (Fsp3) is 0.208. The number of fused-ring (bicyclic) bond motifs is 1. The van der Waals surface area contributed by atoms with Crippen LogP contribution in [0, 0.1) is 18.6 Å². The van der Waals surface area contributed by atoms with Crippen LogP contribution in [0.4, 0.5) is 14.5 Å². The minimum absolute atomic E-state index is 0.0389. The highest BCUT2D eigenvalue weighted by Gasteiger charge is 2.29. The zero-order valence-corrected chi connectivity index (χ0v) is 18.8. The Morgan fingerprint density at radius 1 is 1.06 bits per heavy atom. The van der Waals surface area contributed by atoms with Gasteiger partial charge in [-0.05, 0) is 55.8 Å². The number of nitrogens with one attached hydrogen (secondary N) is 1. The Bertz CT molecular complexity index is 1330. The second-order valence-electron chi connectivity index (χ2n) is 7.88. The predicted octanol–water partition coefficient (Wildman–Crippen LogP) is 4.38. The second kappa shape index (κ2) is 8.82. The summed E-state index contributed by atoms with van der Waals surface area (Å²) in [5.41, 5.74) is 1.48. The number of benzene rings is 3. The molecule has 3 aromatic carbocycles. The average Bonchev–Trinajstić information content (AvgIpc) is 2.88. The number of nitrogens with zero attached hydrogens (tertiary/aromatic N) is 1. The minimum atomic E-state index is -4.04. The Labute approximate surface area is 190 Å². The number of carbonyl (C=O) groups excluding carboxylic acids is 1. The highest BCUT2D eigenvalue weighted by molar-refractivity contribution is 7.92. The maximum atomic E-state index is 14.2. The van der Waals surface area contributed by atoms with Crippen molar-refractivity contribution in [1.29, 1.82) is 0 Å². The Hall–Kier alpha value is -3.46. The molecular formula is C24H22F2N2O4S. The number of ether oxygens (including phenoxy) is 1. The van der Waals surface area contributed by atoms with E-state index in [-0.39, 0.29) is 29.6 Å². The maximum absolute atomic E-state index is 14.2. The third-order valence-corrected chi connectivity index (χ3v) is 6.79. The molecule has 3 aromatic rings. The predicted molar refractivity (Wildman–Crippen MR) is 119 cm³/mol. The van der Waals surface area contributed by atoms with Crippen LogP contribution in [0.2, 0.25) is 0 Å². The van der Waals surface area contributed by atoms with E-state index >= 15 is 0 Å². The first kappa shape index (κ1) is 22.7. The van der Waals surface area contributed by atoms with E-state index in [0.29, 0.717) is 22.4 Å². The van der Waals surface area contributed by atoms with E-state index in [1.807, 2.05) is 0 Å². The van der Waals surface area contributed by atoms with Crippen molar-refractivity contribution < 1.29 is 26.7 Å². The van der Waals surface area contributed by atoms with E-state index < -0.39 is 27.8 Å². The monoisotopic (exact) mass is 472 g/mol. The molecule has 0 saturated heterocycles. The Morgan fingerprint density at radius 3 is 2.55 bits per heavy atom. The first-order valence-corrected chi connectivity index (χ1v) is 11.7. The number of aryl methyl sites for hydroxylation is 1. The molecule has 0 radical (unpaired) electrons. The van der Waals surface area contributed by atoms with Gasteiger partial charge in [0.25, 0.3) is 15.9 Å². The maximum Gasteiger partial charge on any atom is 0.263 e. The fourth-order valence-electron chi connectivity index (χ4n) is 3.58. The summed E-state index contributed by atoms with van der Waals surface area (Å²) in [6.45, 7) is 3.29. The molecule has 0 saturated carbocycles. The van der Waals surface area contributed by atoms with Crippen molar-refractivity contribution in [2.24, 2.45) is 0 Å². The van der Waals surface area contributed by atoms with E-state index in [1.54, 1.807) is 44.2 Å². The Balaban J connectivity index is 1.62. The van der Waals surface area contributed by atoms with Crippen molar-refractivity contribution >= 4 is 21.6 Å². The van der Waals surface area contributed by atoms with Gasteiger partial charge in [-0.15, -0.1) is 0 Å². The molecule has 1 aliphatic rings. The fourth-order valence-corrected chi connectivity index (χ4v) is 4.64. The quantitative estimate of drug-likeness (QED) is 0.598. The molecule has 1 atom stereocenters. The van der Waals surface area contributed by atoms with Gasteiger partial charge in [-0.25, -0.2) is 17.2 Å². The largest absolute Gasteiger partial charge is 0.481 e. The van der Waals surface area contributed by atoms with Crippen molar-refractivity contribution in [2.45, 2.75) is 37.9 Å². The van der Waals surface area contributed by atoms with Crippen LogP contribution in [0.1, 0.15) is 23.6 Å². The van der Waals surface area contributed by atoms with Crippen LogP contribution < -0.4 is 9.46 Å². The summed E-state index contributed by atoms with van der Waals surface area (Å²) in [5, 5.41) is 0. The van der Waals surface area contributed by atoms with Gasteiger partial charge in [-0.2, -0.15) is 0 Å². The first-order valence-electron chi connectivity index (χ1n) is 10.2. The van der Waals surface area contributed by atoms with Gasteiger partial charge >= 0.3 is 0 Å². The third-order valence-electron chi connectivity index (χ3n) is 5.41. The molecule has 0 aliphatic carbocycles. The normalized spacial score (nSPS) is 16.1. The SMILES string of the molecule is Cc1ccc(S(=O)(=O)Nc2ccc3c(c2)CN(Cc2ccccc2F)C(=O)[C@@H](C)O3)cc1F. The van der Waals surface area contributed by atoms with Gasteiger partial charge in [0.1, 0.15) is 17.4 Å². The lowest BCUT2D eigenvalue weighted by Crippen LogP contribution is -2.37. The lowest BCUT2D eigenvalue weighted by Gasteiger charge is -2.22. The van der Waals surface area contributed by atoms with Gasteiger partial charge in [0.15, 0.2) is 6.10 Å². The highest BCUT2D eigenvalue weighted by atomic mass is 32.2. The van der Waals surface area contributed by atoms with E-state index in [4.69, 9.17) is 4.74 Å². The topological polar surface area (TPSA) is 75.7 Å². The molecule has 0 spiro atoms. The second-order valence-corrected chi connectivity index (χ2v) is 9.57.